The van der Waals surface area contributed by atoms with Gasteiger partial charge in [-0.2, -0.15) is 0 Å². The maximum atomic E-state index is 11.4. The third kappa shape index (κ3) is 3.70. The molecule has 0 saturated heterocycles. The predicted molar refractivity (Wildman–Crippen MR) is 78.8 cm³/mol. The Morgan fingerprint density at radius 1 is 1.33 bits per heavy atom. The van der Waals surface area contributed by atoms with E-state index >= 15 is 0 Å². The van der Waals surface area contributed by atoms with Gasteiger partial charge in [-0.1, -0.05) is 6.92 Å². The van der Waals surface area contributed by atoms with Crippen molar-refractivity contribution >= 4 is 5.97 Å². The van der Waals surface area contributed by atoms with Crippen LogP contribution >= 0.6 is 0 Å². The van der Waals surface area contributed by atoms with Gasteiger partial charge in [0, 0.05) is 18.9 Å². The minimum absolute atomic E-state index is 0.0709. The van der Waals surface area contributed by atoms with Gasteiger partial charge in [0.25, 0.3) is 0 Å². The molecule has 0 saturated carbocycles. The van der Waals surface area contributed by atoms with Crippen molar-refractivity contribution in [3.05, 3.63) is 53.7 Å². The van der Waals surface area contributed by atoms with E-state index in [9.17, 15) is 4.79 Å². The maximum Gasteiger partial charge on any atom is 0.373 e. The van der Waals surface area contributed by atoms with Crippen molar-refractivity contribution < 1.29 is 13.9 Å². The summed E-state index contributed by atoms with van der Waals surface area (Å²) in [4.78, 5) is 17.7. The van der Waals surface area contributed by atoms with Gasteiger partial charge in [0.15, 0.2) is 0 Å². The molecule has 2 heterocycles. The second kappa shape index (κ2) is 7.04. The van der Waals surface area contributed by atoms with Crippen LogP contribution in [0.25, 0.3) is 0 Å². The van der Waals surface area contributed by atoms with E-state index < -0.39 is 5.97 Å². The van der Waals surface area contributed by atoms with Gasteiger partial charge in [-0.25, -0.2) is 4.79 Å². The van der Waals surface area contributed by atoms with Gasteiger partial charge < -0.3 is 9.15 Å². The summed E-state index contributed by atoms with van der Waals surface area (Å²) in [5.74, 6) is 0.538. The number of carbonyl (C=O) groups is 1. The van der Waals surface area contributed by atoms with E-state index in [1.54, 1.807) is 18.5 Å². The second-order valence-electron chi connectivity index (χ2n) is 4.79. The first-order chi connectivity index (χ1) is 10.2. The smallest absolute Gasteiger partial charge is 0.373 e. The summed E-state index contributed by atoms with van der Waals surface area (Å²) in [6.07, 6.45) is 3.58. The molecule has 0 aliphatic heterocycles. The van der Waals surface area contributed by atoms with E-state index in [1.807, 2.05) is 18.2 Å². The Bertz CT molecular complexity index is 580. The van der Waals surface area contributed by atoms with Crippen LogP contribution in [0.15, 0.2) is 41.1 Å². The highest BCUT2D eigenvalue weighted by Crippen LogP contribution is 2.24. The number of esters is 1. The fourth-order valence-corrected chi connectivity index (χ4v) is 2.21. The zero-order valence-corrected chi connectivity index (χ0v) is 12.6. The van der Waals surface area contributed by atoms with E-state index in [4.69, 9.17) is 4.42 Å². The minimum Gasteiger partial charge on any atom is -0.463 e. The number of furan rings is 1. The molecule has 2 rings (SSSR count). The summed E-state index contributed by atoms with van der Waals surface area (Å²) >= 11 is 0. The quantitative estimate of drug-likeness (QED) is 0.765. The Balaban J connectivity index is 2.10. The molecule has 0 aliphatic carbocycles. The molecule has 0 fully saturated rings. The first-order valence-corrected chi connectivity index (χ1v) is 6.96. The van der Waals surface area contributed by atoms with Crippen LogP contribution in [-0.2, 0) is 11.3 Å². The summed E-state index contributed by atoms with van der Waals surface area (Å²) in [5.41, 5.74) is 1.19. The van der Waals surface area contributed by atoms with Crippen molar-refractivity contribution in [3.63, 3.8) is 0 Å². The fraction of sp³-hybridized carbons (Fsp3) is 0.375. The summed E-state index contributed by atoms with van der Waals surface area (Å²) < 4.78 is 10.2. The fourth-order valence-electron chi connectivity index (χ4n) is 2.21. The minimum atomic E-state index is -0.453. The van der Waals surface area contributed by atoms with Crippen LogP contribution in [0.2, 0.25) is 0 Å². The molecule has 0 amide bonds. The number of pyridine rings is 1. The highest BCUT2D eigenvalue weighted by atomic mass is 16.5. The van der Waals surface area contributed by atoms with E-state index in [2.05, 4.69) is 28.5 Å². The van der Waals surface area contributed by atoms with Gasteiger partial charge in [0.1, 0.15) is 5.76 Å². The van der Waals surface area contributed by atoms with Crippen molar-refractivity contribution in [3.8, 4) is 0 Å². The second-order valence-corrected chi connectivity index (χ2v) is 4.79. The number of hydrogen-bond donors (Lipinski definition) is 0. The molecule has 1 atom stereocenters. The molecule has 2 aromatic rings. The molecule has 0 N–H and O–H groups in total. The number of aromatic nitrogens is 1. The molecule has 0 spiro atoms. The van der Waals surface area contributed by atoms with Crippen molar-refractivity contribution in [2.75, 3.05) is 13.7 Å². The normalized spacial score (nSPS) is 12.4. The number of rotatable bonds is 6. The van der Waals surface area contributed by atoms with Gasteiger partial charge >= 0.3 is 5.97 Å². The van der Waals surface area contributed by atoms with Crippen molar-refractivity contribution in [1.29, 1.82) is 0 Å². The van der Waals surface area contributed by atoms with Crippen LogP contribution < -0.4 is 0 Å². The molecular formula is C16H20N2O3. The third-order valence-corrected chi connectivity index (χ3v) is 3.51. The molecule has 0 aliphatic rings. The summed E-state index contributed by atoms with van der Waals surface area (Å²) in [5, 5.41) is 0. The van der Waals surface area contributed by atoms with E-state index in [0.29, 0.717) is 0 Å². The Kier molecular flexibility index (Phi) is 5.11. The first kappa shape index (κ1) is 15.3. The van der Waals surface area contributed by atoms with E-state index in [1.165, 1.54) is 12.7 Å². The van der Waals surface area contributed by atoms with Crippen LogP contribution in [0.5, 0.6) is 0 Å². The summed E-state index contributed by atoms with van der Waals surface area (Å²) in [6, 6.07) is 7.54. The van der Waals surface area contributed by atoms with Gasteiger partial charge in [-0.15, -0.1) is 0 Å². The summed E-state index contributed by atoms with van der Waals surface area (Å²) in [6.45, 7) is 5.83. The average molecular weight is 288 g/mol. The van der Waals surface area contributed by atoms with Crippen LogP contribution in [0.1, 0.15) is 41.8 Å². The number of nitrogens with zero attached hydrogens (tertiary/aromatic N) is 2. The van der Waals surface area contributed by atoms with Crippen LogP contribution in [0.4, 0.5) is 0 Å². The molecular weight excluding hydrogens is 268 g/mol. The van der Waals surface area contributed by atoms with Gasteiger partial charge in [-0.3, -0.25) is 9.88 Å². The van der Waals surface area contributed by atoms with Crippen LogP contribution in [0, 0.1) is 0 Å². The lowest BCUT2D eigenvalue weighted by Crippen LogP contribution is -2.26. The molecule has 5 heteroatoms. The molecule has 5 nitrogen and oxygen atoms in total. The van der Waals surface area contributed by atoms with Crippen LogP contribution in [0.3, 0.4) is 0 Å². The third-order valence-electron chi connectivity index (χ3n) is 3.51. The average Bonchev–Trinajstić information content (AvgIpc) is 3.02. The van der Waals surface area contributed by atoms with Crippen molar-refractivity contribution in [1.82, 2.24) is 9.88 Å². The SMILES string of the molecule is CCN(Cc1ccncc1)C(C)c1ccc(C(=O)OC)o1. The molecule has 0 aromatic carbocycles. The number of carbonyl (C=O) groups excluding carboxylic acids is 1. The topological polar surface area (TPSA) is 55.6 Å². The lowest BCUT2D eigenvalue weighted by atomic mass is 10.2. The maximum absolute atomic E-state index is 11.4. The molecule has 0 bridgehead atoms. The number of ether oxygens (including phenoxy) is 1. The lowest BCUT2D eigenvalue weighted by Gasteiger charge is -2.26. The van der Waals surface area contributed by atoms with E-state index in [0.717, 1.165) is 18.8 Å². The molecule has 2 aromatic heterocycles. The molecule has 0 radical (unpaired) electrons. The first-order valence-electron chi connectivity index (χ1n) is 6.96. The van der Waals surface area contributed by atoms with Gasteiger partial charge in [-0.05, 0) is 43.3 Å². The van der Waals surface area contributed by atoms with Crippen LogP contribution in [-0.4, -0.2) is 29.5 Å². The van der Waals surface area contributed by atoms with Gasteiger partial charge in [0.05, 0.1) is 13.2 Å². The molecule has 1 unspecified atom stereocenters. The Labute approximate surface area is 124 Å². The molecule has 21 heavy (non-hydrogen) atoms. The number of hydrogen-bond acceptors (Lipinski definition) is 5. The number of methoxy groups -OCH3 is 1. The Morgan fingerprint density at radius 3 is 2.67 bits per heavy atom. The largest absolute Gasteiger partial charge is 0.463 e. The monoisotopic (exact) mass is 288 g/mol. The van der Waals surface area contributed by atoms with Crippen molar-refractivity contribution in [2.24, 2.45) is 0 Å². The highest BCUT2D eigenvalue weighted by molar-refractivity contribution is 5.86. The molecule has 112 valence electrons. The highest BCUT2D eigenvalue weighted by Gasteiger charge is 2.20. The lowest BCUT2D eigenvalue weighted by molar-refractivity contribution is 0.0558. The zero-order valence-electron chi connectivity index (χ0n) is 12.6. The Hall–Kier alpha value is -2.14. The summed E-state index contributed by atoms with van der Waals surface area (Å²) in [7, 11) is 1.34. The Morgan fingerprint density at radius 2 is 2.05 bits per heavy atom. The van der Waals surface area contributed by atoms with Crippen molar-refractivity contribution in [2.45, 2.75) is 26.4 Å². The standard InChI is InChI=1S/C16H20N2O3/c1-4-18(11-13-7-9-17-10-8-13)12(2)14-5-6-15(21-14)16(19)20-3/h5-10,12H,4,11H2,1-3H3. The van der Waals surface area contributed by atoms with E-state index in [-0.39, 0.29) is 11.8 Å². The predicted octanol–water partition coefficient (Wildman–Crippen LogP) is 3.04. The van der Waals surface area contributed by atoms with Gasteiger partial charge in [0.2, 0.25) is 5.76 Å². The zero-order chi connectivity index (χ0) is 15.2.